The number of nitrogens with zero attached hydrogens (tertiary/aromatic N) is 3. The highest BCUT2D eigenvalue weighted by Gasteiger charge is 2.28. The first-order valence-corrected chi connectivity index (χ1v) is 11.2. The van der Waals surface area contributed by atoms with E-state index < -0.39 is 21.9 Å². The van der Waals surface area contributed by atoms with Gasteiger partial charge >= 0.3 is 6.01 Å². The Kier molecular flexibility index (Phi) is 6.97. The number of methoxy groups -OCH3 is 1. The molecule has 0 spiro atoms. The molecule has 160 valence electrons. The molecule has 1 heterocycles. The summed E-state index contributed by atoms with van der Waals surface area (Å²) in [6.07, 6.45) is 0.00900. The van der Waals surface area contributed by atoms with Crippen LogP contribution in [-0.2, 0) is 23.0 Å². The van der Waals surface area contributed by atoms with Crippen LogP contribution in [0, 0.1) is 5.82 Å². The predicted molar refractivity (Wildman–Crippen MR) is 112 cm³/mol. The van der Waals surface area contributed by atoms with E-state index in [9.17, 15) is 12.8 Å². The van der Waals surface area contributed by atoms with Crippen LogP contribution in [0.15, 0.2) is 47.4 Å². The van der Waals surface area contributed by atoms with E-state index in [-0.39, 0.29) is 27.4 Å². The minimum Gasteiger partial charge on any atom is -0.467 e. The fourth-order valence-electron chi connectivity index (χ4n) is 2.97. The normalized spacial score (nSPS) is 12.7. The van der Waals surface area contributed by atoms with Gasteiger partial charge in [0.05, 0.1) is 28.1 Å². The zero-order valence-corrected chi connectivity index (χ0v) is 18.5. The minimum absolute atomic E-state index is 0.00900. The van der Waals surface area contributed by atoms with E-state index in [0.29, 0.717) is 17.9 Å². The molecule has 7 nitrogen and oxygen atoms in total. The second kappa shape index (κ2) is 9.30. The van der Waals surface area contributed by atoms with Gasteiger partial charge in [-0.15, -0.1) is 5.10 Å². The molecule has 3 aromatic rings. The molecule has 0 bridgehead atoms. The van der Waals surface area contributed by atoms with Gasteiger partial charge in [0.15, 0.2) is 5.82 Å². The molecule has 11 heteroatoms. The first-order valence-electron chi connectivity index (χ1n) is 8.94. The Bertz CT molecular complexity index is 1150. The average molecular weight is 473 g/mol. The van der Waals surface area contributed by atoms with E-state index in [4.69, 9.17) is 27.9 Å². The molecule has 0 saturated carbocycles. The smallest absolute Gasteiger partial charge is 0.316 e. The van der Waals surface area contributed by atoms with Crippen molar-refractivity contribution in [3.63, 3.8) is 0 Å². The fourth-order valence-corrected chi connectivity index (χ4v) is 4.56. The van der Waals surface area contributed by atoms with Crippen molar-refractivity contribution in [2.24, 2.45) is 0 Å². The van der Waals surface area contributed by atoms with Crippen LogP contribution >= 0.6 is 23.2 Å². The third-order valence-electron chi connectivity index (χ3n) is 4.44. The zero-order valence-electron chi connectivity index (χ0n) is 16.1. The average Bonchev–Trinajstić information content (AvgIpc) is 3.14. The molecule has 0 radical (unpaired) electrons. The first kappa shape index (κ1) is 22.5. The molecule has 0 aliphatic heterocycles. The van der Waals surface area contributed by atoms with Crippen molar-refractivity contribution in [1.82, 2.24) is 19.5 Å². The van der Waals surface area contributed by atoms with Crippen molar-refractivity contribution in [3.8, 4) is 6.01 Å². The summed E-state index contributed by atoms with van der Waals surface area (Å²) < 4.78 is 49.8. The van der Waals surface area contributed by atoms with E-state index in [1.807, 2.05) is 6.92 Å². The molecule has 0 amide bonds. The molecule has 2 aromatic carbocycles. The number of hydrogen-bond acceptors (Lipinski definition) is 5. The van der Waals surface area contributed by atoms with Gasteiger partial charge in [0.1, 0.15) is 5.82 Å². The quantitative estimate of drug-likeness (QED) is 0.534. The lowest BCUT2D eigenvalue weighted by atomic mass is 10.1. The van der Waals surface area contributed by atoms with Crippen LogP contribution in [0.1, 0.15) is 24.4 Å². The summed E-state index contributed by atoms with van der Waals surface area (Å²) in [5.74, 6) is -0.160. The third kappa shape index (κ3) is 4.75. The van der Waals surface area contributed by atoms with Gasteiger partial charge in [0, 0.05) is 6.54 Å². The number of nitrogens with one attached hydrogen (secondary N) is 1. The molecular weight excluding hydrogens is 454 g/mol. The Morgan fingerprint density at radius 3 is 2.53 bits per heavy atom. The highest BCUT2D eigenvalue weighted by atomic mass is 35.5. The summed E-state index contributed by atoms with van der Waals surface area (Å²) in [5.41, 5.74) is 0.323. The van der Waals surface area contributed by atoms with E-state index in [1.54, 1.807) is 22.8 Å². The largest absolute Gasteiger partial charge is 0.467 e. The van der Waals surface area contributed by atoms with Gasteiger partial charge < -0.3 is 4.74 Å². The number of ether oxygens (including phenoxy) is 1. The molecule has 0 aliphatic rings. The Balaban J connectivity index is 2.04. The van der Waals surface area contributed by atoms with Gasteiger partial charge in [-0.3, -0.25) is 4.57 Å². The minimum atomic E-state index is -4.04. The van der Waals surface area contributed by atoms with E-state index in [0.717, 1.165) is 0 Å². The third-order valence-corrected chi connectivity index (χ3v) is 6.64. The first-order chi connectivity index (χ1) is 14.3. The predicted octanol–water partition coefficient (Wildman–Crippen LogP) is 4.01. The summed E-state index contributed by atoms with van der Waals surface area (Å²) in [6, 6.07) is 9.41. The van der Waals surface area contributed by atoms with Crippen LogP contribution in [0.5, 0.6) is 6.01 Å². The fraction of sp³-hybridized carbons (Fsp3) is 0.263. The number of hydrogen-bond donors (Lipinski definition) is 1. The lowest BCUT2D eigenvalue weighted by Crippen LogP contribution is -2.32. The molecule has 1 N–H and O–H groups in total. The van der Waals surface area contributed by atoms with E-state index in [1.165, 1.54) is 31.4 Å². The lowest BCUT2D eigenvalue weighted by Gasteiger charge is -2.20. The van der Waals surface area contributed by atoms with Crippen LogP contribution in [0.25, 0.3) is 0 Å². The number of sulfonamides is 1. The Labute approximate surface area is 183 Å². The zero-order chi connectivity index (χ0) is 21.9. The van der Waals surface area contributed by atoms with Gasteiger partial charge in [0.25, 0.3) is 0 Å². The number of halogens is 3. The number of aromatic nitrogens is 3. The standard InChI is InChI=1S/C19H19Cl2FN4O3S/c1-3-26-18(23-24-19(26)29-2)17(10-12-6-4-5-7-16(12)22)25-30(27,28)13-8-9-14(20)15(21)11-13/h4-9,11,17,25H,3,10H2,1-2H3/t17-/m1/s1. The van der Waals surface area contributed by atoms with Crippen LogP contribution in [0.4, 0.5) is 4.39 Å². The van der Waals surface area contributed by atoms with Gasteiger partial charge in [-0.2, -0.15) is 0 Å². The molecule has 1 atom stereocenters. The van der Waals surface area contributed by atoms with Crippen LogP contribution in [0.3, 0.4) is 0 Å². The van der Waals surface area contributed by atoms with Crippen molar-refractivity contribution < 1.29 is 17.5 Å². The molecule has 30 heavy (non-hydrogen) atoms. The maximum atomic E-state index is 14.3. The summed E-state index contributed by atoms with van der Waals surface area (Å²) in [4.78, 5) is -0.0787. The molecule has 3 rings (SSSR count). The Morgan fingerprint density at radius 2 is 1.90 bits per heavy atom. The summed E-state index contributed by atoms with van der Waals surface area (Å²) in [6.45, 7) is 2.26. The topological polar surface area (TPSA) is 86.1 Å². The van der Waals surface area contributed by atoms with Gasteiger partial charge in [-0.1, -0.05) is 46.5 Å². The summed E-state index contributed by atoms with van der Waals surface area (Å²) >= 11 is 11.9. The molecular formula is C19H19Cl2FN4O3S. The van der Waals surface area contributed by atoms with Crippen molar-refractivity contribution in [3.05, 3.63) is 69.7 Å². The Morgan fingerprint density at radius 1 is 1.17 bits per heavy atom. The van der Waals surface area contributed by atoms with E-state index in [2.05, 4.69) is 14.9 Å². The maximum Gasteiger partial charge on any atom is 0.316 e. The highest BCUT2D eigenvalue weighted by molar-refractivity contribution is 7.89. The van der Waals surface area contributed by atoms with Gasteiger partial charge in [-0.25, -0.2) is 17.5 Å². The van der Waals surface area contributed by atoms with Gasteiger partial charge in [0.2, 0.25) is 10.0 Å². The molecule has 0 saturated heterocycles. The molecule has 0 fully saturated rings. The van der Waals surface area contributed by atoms with Crippen LogP contribution in [-0.4, -0.2) is 30.3 Å². The van der Waals surface area contributed by atoms with Crippen molar-refractivity contribution >= 4 is 33.2 Å². The second-order valence-electron chi connectivity index (χ2n) is 6.33. The SMILES string of the molecule is CCn1c(OC)nnc1[C@@H](Cc1ccccc1F)NS(=O)(=O)c1ccc(Cl)c(Cl)c1. The van der Waals surface area contributed by atoms with Gasteiger partial charge in [-0.05, 0) is 43.2 Å². The summed E-state index contributed by atoms with van der Waals surface area (Å²) in [7, 11) is -2.60. The Hall–Kier alpha value is -2.20. The van der Waals surface area contributed by atoms with Crippen molar-refractivity contribution in [1.29, 1.82) is 0 Å². The van der Waals surface area contributed by atoms with Crippen LogP contribution in [0.2, 0.25) is 10.0 Å². The molecule has 0 unspecified atom stereocenters. The second-order valence-corrected chi connectivity index (χ2v) is 8.86. The van der Waals surface area contributed by atoms with E-state index >= 15 is 0 Å². The number of rotatable bonds is 8. The molecule has 0 aliphatic carbocycles. The highest BCUT2D eigenvalue weighted by Crippen LogP contribution is 2.27. The van der Waals surface area contributed by atoms with Crippen molar-refractivity contribution in [2.45, 2.75) is 30.8 Å². The maximum absolute atomic E-state index is 14.3. The monoisotopic (exact) mass is 472 g/mol. The summed E-state index contributed by atoms with van der Waals surface area (Å²) in [5, 5.41) is 8.36. The van der Waals surface area contributed by atoms with Crippen molar-refractivity contribution in [2.75, 3.05) is 7.11 Å². The molecule has 1 aromatic heterocycles. The lowest BCUT2D eigenvalue weighted by molar-refractivity contribution is 0.354. The van der Waals surface area contributed by atoms with Crippen LogP contribution < -0.4 is 9.46 Å². The number of benzene rings is 2.